The minimum absolute atomic E-state index is 0.0469. The van der Waals surface area contributed by atoms with E-state index in [2.05, 4.69) is 0 Å². The zero-order valence-electron chi connectivity index (χ0n) is 12.6. The molecule has 1 aliphatic rings. The van der Waals surface area contributed by atoms with E-state index >= 15 is 0 Å². The third-order valence-electron chi connectivity index (χ3n) is 3.84. The molecule has 1 fully saturated rings. The third-order valence-corrected chi connectivity index (χ3v) is 3.84. The summed E-state index contributed by atoms with van der Waals surface area (Å²) in [6.45, 7) is 4.97. The maximum Gasteiger partial charge on any atom is 0.239 e. The summed E-state index contributed by atoms with van der Waals surface area (Å²) in [6.07, 6.45) is 4.75. The van der Waals surface area contributed by atoms with Crippen LogP contribution in [0.1, 0.15) is 32.6 Å². The zero-order valence-corrected chi connectivity index (χ0v) is 12.6. The number of likely N-dealkylation sites (N-methyl/N-ethyl adjacent to an activating group) is 1. The molecule has 0 saturated carbocycles. The maximum absolute atomic E-state index is 12.4. The molecule has 1 rings (SSSR count). The minimum atomic E-state index is -0.110. The number of amides is 1. The number of likely N-dealkylation sites (tertiary alicyclic amines) is 1. The normalized spacial score (nSPS) is 20.2. The molecule has 1 amide bonds. The lowest BCUT2D eigenvalue weighted by molar-refractivity contribution is -0.136. The number of nitrogens with zero attached hydrogens (tertiary/aromatic N) is 2. The summed E-state index contributed by atoms with van der Waals surface area (Å²) >= 11 is 0. The summed E-state index contributed by atoms with van der Waals surface area (Å²) in [5, 5.41) is 0. The van der Waals surface area contributed by atoms with Crippen LogP contribution >= 0.6 is 0 Å². The van der Waals surface area contributed by atoms with Crippen molar-refractivity contribution in [3.63, 3.8) is 0 Å². The molecule has 0 aliphatic carbocycles. The number of carbonyl (C=O) groups excluding carboxylic acids is 1. The monoisotopic (exact) mass is 271 g/mol. The van der Waals surface area contributed by atoms with Crippen molar-refractivity contribution in [3.05, 3.63) is 0 Å². The highest BCUT2D eigenvalue weighted by Crippen LogP contribution is 2.12. The largest absolute Gasteiger partial charge is 0.383 e. The fourth-order valence-electron chi connectivity index (χ4n) is 2.54. The van der Waals surface area contributed by atoms with E-state index in [1.54, 1.807) is 7.11 Å². The molecule has 19 heavy (non-hydrogen) atoms. The molecule has 0 radical (unpaired) electrons. The van der Waals surface area contributed by atoms with Crippen LogP contribution in [-0.4, -0.2) is 68.2 Å². The van der Waals surface area contributed by atoms with Crippen LogP contribution in [0.4, 0.5) is 0 Å². The molecule has 1 aliphatic heterocycles. The Hall–Kier alpha value is -0.650. The van der Waals surface area contributed by atoms with Gasteiger partial charge in [0.1, 0.15) is 0 Å². The van der Waals surface area contributed by atoms with Gasteiger partial charge < -0.3 is 15.4 Å². The molecule has 2 unspecified atom stereocenters. The average Bonchev–Trinajstić information content (AvgIpc) is 2.66. The number of carbonyl (C=O) groups is 1. The molecule has 1 saturated heterocycles. The van der Waals surface area contributed by atoms with Gasteiger partial charge in [-0.2, -0.15) is 0 Å². The number of rotatable bonds is 6. The SMILES string of the molecule is COCC(N)CN(C)C(C)C(=O)N1CCCCCC1. The topological polar surface area (TPSA) is 58.8 Å². The smallest absolute Gasteiger partial charge is 0.239 e. The Balaban J connectivity index is 2.45. The summed E-state index contributed by atoms with van der Waals surface area (Å²) in [5.74, 6) is 0.231. The van der Waals surface area contributed by atoms with Crippen LogP contribution in [0.25, 0.3) is 0 Å². The highest BCUT2D eigenvalue weighted by atomic mass is 16.5. The third kappa shape index (κ3) is 5.47. The van der Waals surface area contributed by atoms with Gasteiger partial charge in [-0.1, -0.05) is 12.8 Å². The van der Waals surface area contributed by atoms with E-state index in [-0.39, 0.29) is 18.0 Å². The Morgan fingerprint density at radius 2 is 1.89 bits per heavy atom. The lowest BCUT2D eigenvalue weighted by atomic mass is 10.2. The van der Waals surface area contributed by atoms with Crippen LogP contribution in [0.3, 0.4) is 0 Å². The Morgan fingerprint density at radius 3 is 2.42 bits per heavy atom. The fraction of sp³-hybridized carbons (Fsp3) is 0.929. The van der Waals surface area contributed by atoms with Crippen molar-refractivity contribution < 1.29 is 9.53 Å². The minimum Gasteiger partial charge on any atom is -0.383 e. The van der Waals surface area contributed by atoms with Crippen LogP contribution in [0.15, 0.2) is 0 Å². The number of ether oxygens (including phenoxy) is 1. The van der Waals surface area contributed by atoms with E-state index in [0.717, 1.165) is 25.9 Å². The van der Waals surface area contributed by atoms with Crippen molar-refractivity contribution in [2.45, 2.75) is 44.7 Å². The highest BCUT2D eigenvalue weighted by molar-refractivity contribution is 5.81. The summed E-state index contributed by atoms with van der Waals surface area (Å²) in [4.78, 5) is 16.5. The first kappa shape index (κ1) is 16.4. The summed E-state index contributed by atoms with van der Waals surface area (Å²) < 4.78 is 5.03. The summed E-state index contributed by atoms with van der Waals surface area (Å²) in [6, 6.07) is -0.157. The predicted octanol–water partition coefficient (Wildman–Crippen LogP) is 0.683. The van der Waals surface area contributed by atoms with Crippen molar-refractivity contribution in [3.8, 4) is 0 Å². The molecule has 5 heteroatoms. The van der Waals surface area contributed by atoms with Crippen molar-refractivity contribution in [1.29, 1.82) is 0 Å². The zero-order chi connectivity index (χ0) is 14.3. The van der Waals surface area contributed by atoms with Gasteiger partial charge in [0.15, 0.2) is 0 Å². The molecular weight excluding hydrogens is 242 g/mol. The number of hydrogen-bond donors (Lipinski definition) is 1. The molecule has 0 spiro atoms. The Bertz CT molecular complexity index is 265. The predicted molar refractivity (Wildman–Crippen MR) is 77.0 cm³/mol. The standard InChI is InChI=1S/C14H29N3O2/c1-12(16(2)10-13(15)11-19-3)14(18)17-8-6-4-5-7-9-17/h12-13H,4-11,15H2,1-3H3. The van der Waals surface area contributed by atoms with Gasteiger partial charge >= 0.3 is 0 Å². The lowest BCUT2D eigenvalue weighted by Gasteiger charge is -2.31. The first-order chi connectivity index (χ1) is 9.06. The Kier molecular flexibility index (Phi) is 7.34. The molecule has 2 atom stereocenters. The molecule has 5 nitrogen and oxygen atoms in total. The van der Waals surface area contributed by atoms with Crippen LogP contribution < -0.4 is 5.73 Å². The molecule has 1 heterocycles. The first-order valence-electron chi connectivity index (χ1n) is 7.29. The van der Waals surface area contributed by atoms with Gasteiger partial charge in [0, 0.05) is 32.8 Å². The number of hydrogen-bond acceptors (Lipinski definition) is 4. The van der Waals surface area contributed by atoms with Gasteiger partial charge in [-0.25, -0.2) is 0 Å². The molecule has 2 N–H and O–H groups in total. The van der Waals surface area contributed by atoms with Gasteiger partial charge in [0.2, 0.25) is 5.91 Å². The van der Waals surface area contributed by atoms with Gasteiger partial charge in [0.25, 0.3) is 0 Å². The van der Waals surface area contributed by atoms with E-state index in [1.165, 1.54) is 12.8 Å². The maximum atomic E-state index is 12.4. The summed E-state index contributed by atoms with van der Waals surface area (Å²) in [5.41, 5.74) is 5.93. The van der Waals surface area contributed by atoms with Crippen molar-refractivity contribution in [2.75, 3.05) is 40.4 Å². The average molecular weight is 271 g/mol. The van der Waals surface area contributed by atoms with Crippen LogP contribution in [0, 0.1) is 0 Å². The number of nitrogens with two attached hydrogens (primary N) is 1. The van der Waals surface area contributed by atoms with Gasteiger partial charge in [-0.05, 0) is 26.8 Å². The van der Waals surface area contributed by atoms with Crippen LogP contribution in [-0.2, 0) is 9.53 Å². The molecule has 0 bridgehead atoms. The van der Waals surface area contributed by atoms with Crippen LogP contribution in [0.5, 0.6) is 0 Å². The first-order valence-corrected chi connectivity index (χ1v) is 7.29. The van der Waals surface area contributed by atoms with E-state index in [4.69, 9.17) is 10.5 Å². The fourth-order valence-corrected chi connectivity index (χ4v) is 2.54. The molecule has 0 aromatic carbocycles. The molecule has 112 valence electrons. The van der Waals surface area contributed by atoms with E-state index < -0.39 is 0 Å². The van der Waals surface area contributed by atoms with E-state index in [1.807, 2.05) is 23.8 Å². The quantitative estimate of drug-likeness (QED) is 0.772. The number of methoxy groups -OCH3 is 1. The van der Waals surface area contributed by atoms with Crippen molar-refractivity contribution >= 4 is 5.91 Å². The van der Waals surface area contributed by atoms with Crippen LogP contribution in [0.2, 0.25) is 0 Å². The summed E-state index contributed by atoms with van der Waals surface area (Å²) in [7, 11) is 3.60. The lowest BCUT2D eigenvalue weighted by Crippen LogP contribution is -2.49. The van der Waals surface area contributed by atoms with Gasteiger partial charge in [-0.15, -0.1) is 0 Å². The van der Waals surface area contributed by atoms with E-state index in [9.17, 15) is 4.79 Å². The second kappa shape index (κ2) is 8.51. The molecular formula is C14H29N3O2. The molecule has 0 aromatic rings. The van der Waals surface area contributed by atoms with Crippen molar-refractivity contribution in [1.82, 2.24) is 9.80 Å². The molecule has 0 aromatic heterocycles. The second-order valence-corrected chi connectivity index (χ2v) is 5.57. The Morgan fingerprint density at radius 1 is 1.32 bits per heavy atom. The van der Waals surface area contributed by atoms with Gasteiger partial charge in [-0.3, -0.25) is 9.69 Å². The van der Waals surface area contributed by atoms with Crippen molar-refractivity contribution in [2.24, 2.45) is 5.73 Å². The Labute approximate surface area is 117 Å². The van der Waals surface area contributed by atoms with E-state index in [0.29, 0.717) is 13.2 Å². The van der Waals surface area contributed by atoms with Gasteiger partial charge in [0.05, 0.1) is 12.6 Å². The highest BCUT2D eigenvalue weighted by Gasteiger charge is 2.25. The second-order valence-electron chi connectivity index (χ2n) is 5.57.